The van der Waals surface area contributed by atoms with Crippen LogP contribution in [0.3, 0.4) is 0 Å². The van der Waals surface area contributed by atoms with Crippen molar-refractivity contribution in [2.75, 3.05) is 13.2 Å². The molecule has 152 valence electrons. The number of amides is 1. The molecule has 3 aromatic rings. The molecule has 0 radical (unpaired) electrons. The molecule has 0 unspecified atom stereocenters. The maximum atomic E-state index is 11.0. The Balaban J connectivity index is 1.30. The summed E-state index contributed by atoms with van der Waals surface area (Å²) in [7, 11) is 0. The summed E-state index contributed by atoms with van der Waals surface area (Å²) in [6.45, 7) is 4.62. The quantitative estimate of drug-likeness (QED) is 0.635. The summed E-state index contributed by atoms with van der Waals surface area (Å²) in [5.41, 5.74) is 1.89. The molecule has 1 saturated carbocycles. The Hall–Kier alpha value is -2.93. The molecule has 1 atom stereocenters. The molecule has 29 heavy (non-hydrogen) atoms. The molecular weight excluding hydrogens is 368 g/mol. The Morgan fingerprint density at radius 1 is 1.24 bits per heavy atom. The highest BCUT2D eigenvalue weighted by atomic mass is 16.5. The Morgan fingerprint density at radius 3 is 2.79 bits per heavy atom. The molecule has 1 N–H and O–H groups in total. The number of ether oxygens (including phenoxy) is 2. The third kappa shape index (κ3) is 4.56. The molecular formula is C22H26N4O3. The fourth-order valence-electron chi connectivity index (χ4n) is 3.65. The number of fused-ring (bicyclic) bond motifs is 1. The van der Waals surface area contributed by atoms with Gasteiger partial charge in [0.2, 0.25) is 11.8 Å². The van der Waals surface area contributed by atoms with Crippen molar-refractivity contribution in [3.63, 3.8) is 0 Å². The van der Waals surface area contributed by atoms with Gasteiger partial charge in [0.1, 0.15) is 6.33 Å². The summed E-state index contributed by atoms with van der Waals surface area (Å²) in [6, 6.07) is 12.1. The minimum absolute atomic E-state index is 0.0294. The van der Waals surface area contributed by atoms with Gasteiger partial charge in [-0.2, -0.15) is 0 Å². The average Bonchev–Trinajstić information content (AvgIpc) is 3.11. The number of benzene rings is 1. The van der Waals surface area contributed by atoms with E-state index in [0.29, 0.717) is 25.0 Å². The van der Waals surface area contributed by atoms with Crippen molar-refractivity contribution in [3.05, 3.63) is 48.9 Å². The van der Waals surface area contributed by atoms with E-state index in [9.17, 15) is 4.79 Å². The highest BCUT2D eigenvalue weighted by molar-refractivity contribution is 5.82. The smallest absolute Gasteiger partial charge is 0.226 e. The first-order valence-corrected chi connectivity index (χ1v) is 9.99. The summed E-state index contributed by atoms with van der Waals surface area (Å²) in [6.07, 6.45) is 5.71. The van der Waals surface area contributed by atoms with E-state index in [1.807, 2.05) is 54.1 Å². The van der Waals surface area contributed by atoms with Crippen LogP contribution in [-0.2, 0) is 9.53 Å². The van der Waals surface area contributed by atoms with E-state index in [0.717, 1.165) is 29.6 Å². The second-order valence-corrected chi connectivity index (χ2v) is 7.64. The molecule has 7 nitrogen and oxygen atoms in total. The summed E-state index contributed by atoms with van der Waals surface area (Å²) in [5.74, 6) is 1.05. The van der Waals surface area contributed by atoms with E-state index >= 15 is 0 Å². The summed E-state index contributed by atoms with van der Waals surface area (Å²) < 4.78 is 13.9. The van der Waals surface area contributed by atoms with E-state index in [4.69, 9.17) is 9.47 Å². The lowest BCUT2D eigenvalue weighted by Crippen LogP contribution is -2.40. The fraction of sp³-hybridized carbons (Fsp3) is 0.409. The van der Waals surface area contributed by atoms with Crippen molar-refractivity contribution < 1.29 is 14.3 Å². The van der Waals surface area contributed by atoms with E-state index in [2.05, 4.69) is 15.3 Å². The molecule has 1 amide bonds. The minimum atomic E-state index is -0.0294. The average molecular weight is 394 g/mol. The van der Waals surface area contributed by atoms with Crippen molar-refractivity contribution in [1.29, 1.82) is 0 Å². The van der Waals surface area contributed by atoms with E-state index in [1.54, 1.807) is 6.33 Å². The van der Waals surface area contributed by atoms with Crippen LogP contribution in [0.4, 0.5) is 0 Å². The molecule has 4 rings (SSSR count). The van der Waals surface area contributed by atoms with Gasteiger partial charge >= 0.3 is 0 Å². The van der Waals surface area contributed by atoms with Gasteiger partial charge in [0.05, 0.1) is 24.7 Å². The third-order valence-electron chi connectivity index (χ3n) is 5.16. The fourth-order valence-corrected chi connectivity index (χ4v) is 3.65. The zero-order chi connectivity index (χ0) is 20.2. The Bertz CT molecular complexity index is 967. The minimum Gasteiger partial charge on any atom is -0.477 e. The first-order valence-electron chi connectivity index (χ1n) is 9.99. The molecule has 2 heterocycles. The molecule has 0 saturated heterocycles. The predicted molar refractivity (Wildman–Crippen MR) is 110 cm³/mol. The van der Waals surface area contributed by atoms with Crippen LogP contribution in [-0.4, -0.2) is 45.8 Å². The number of hydrogen-bond acceptors (Lipinski definition) is 5. The van der Waals surface area contributed by atoms with Gasteiger partial charge in [-0.15, -0.1) is 0 Å². The molecule has 7 heteroatoms. The van der Waals surface area contributed by atoms with Gasteiger partial charge in [0.25, 0.3) is 0 Å². The van der Waals surface area contributed by atoms with Crippen molar-refractivity contribution in [3.8, 4) is 11.6 Å². The van der Waals surface area contributed by atoms with Gasteiger partial charge < -0.3 is 19.4 Å². The lowest BCUT2D eigenvalue weighted by molar-refractivity contribution is -0.120. The van der Waals surface area contributed by atoms with E-state index in [-0.39, 0.29) is 18.1 Å². The van der Waals surface area contributed by atoms with Crippen molar-refractivity contribution in [2.24, 2.45) is 5.92 Å². The first-order chi connectivity index (χ1) is 14.1. The zero-order valence-electron chi connectivity index (χ0n) is 16.7. The number of para-hydroxylation sites is 1. The summed E-state index contributed by atoms with van der Waals surface area (Å²) in [5, 5.41) is 3.74. The molecule has 1 aliphatic carbocycles. The van der Waals surface area contributed by atoms with Crippen molar-refractivity contribution in [1.82, 2.24) is 19.9 Å². The number of nitrogens with zero attached hydrogens (tertiary/aromatic N) is 3. The van der Waals surface area contributed by atoms with Crippen LogP contribution >= 0.6 is 0 Å². The Kier molecular flexibility index (Phi) is 5.76. The lowest BCUT2D eigenvalue weighted by atomic mass is 9.83. The third-order valence-corrected chi connectivity index (χ3v) is 5.16. The largest absolute Gasteiger partial charge is 0.477 e. The lowest BCUT2D eigenvalue weighted by Gasteiger charge is -2.35. The van der Waals surface area contributed by atoms with Gasteiger partial charge in [-0.25, -0.2) is 9.97 Å². The number of carbonyl (C=O) groups excluding carboxylic acids is 1. The van der Waals surface area contributed by atoms with Gasteiger partial charge in [-0.05, 0) is 43.9 Å². The van der Waals surface area contributed by atoms with Crippen LogP contribution in [0.25, 0.3) is 16.7 Å². The highest BCUT2D eigenvalue weighted by Gasteiger charge is 2.31. The normalized spacial score (nSPS) is 19.5. The van der Waals surface area contributed by atoms with Crippen molar-refractivity contribution >= 4 is 16.9 Å². The second-order valence-electron chi connectivity index (χ2n) is 7.64. The predicted octanol–water partition coefficient (Wildman–Crippen LogP) is 3.12. The summed E-state index contributed by atoms with van der Waals surface area (Å²) >= 11 is 0. The van der Waals surface area contributed by atoms with Gasteiger partial charge in [-0.3, -0.25) is 4.79 Å². The van der Waals surface area contributed by atoms with Crippen LogP contribution in [0.1, 0.15) is 26.7 Å². The highest BCUT2D eigenvalue weighted by Crippen LogP contribution is 2.32. The van der Waals surface area contributed by atoms with Crippen LogP contribution in [0, 0.1) is 5.92 Å². The standard InChI is InChI=1S/C22H26N4O3/c1-15(25-16(2)27)12-28-19-10-17(11-19)13-29-22-20-8-9-26(21(20)23-14-24-22)18-6-4-3-5-7-18/h3-9,14-15,17,19H,10-13H2,1-2H3,(H,25,27)/t15-,17?,19?/m0/s1. The topological polar surface area (TPSA) is 78.3 Å². The van der Waals surface area contributed by atoms with Crippen LogP contribution in [0.2, 0.25) is 0 Å². The van der Waals surface area contributed by atoms with E-state index < -0.39 is 0 Å². The number of carbonyl (C=O) groups is 1. The molecule has 1 aliphatic rings. The van der Waals surface area contributed by atoms with Crippen molar-refractivity contribution in [2.45, 2.75) is 38.8 Å². The summed E-state index contributed by atoms with van der Waals surface area (Å²) in [4.78, 5) is 19.8. The van der Waals surface area contributed by atoms with Crippen LogP contribution < -0.4 is 10.1 Å². The number of aromatic nitrogens is 3. The second kappa shape index (κ2) is 8.61. The maximum Gasteiger partial charge on any atom is 0.226 e. The van der Waals surface area contributed by atoms with E-state index in [1.165, 1.54) is 6.92 Å². The van der Waals surface area contributed by atoms with Gasteiger partial charge in [0, 0.05) is 24.8 Å². The SMILES string of the molecule is CC(=O)N[C@@H](C)COC1CC(COc2ncnc3c2ccn3-c2ccccc2)C1. The maximum absolute atomic E-state index is 11.0. The molecule has 2 aromatic heterocycles. The molecule has 0 spiro atoms. The van der Waals surface area contributed by atoms with Gasteiger partial charge in [0.15, 0.2) is 5.65 Å². The van der Waals surface area contributed by atoms with Crippen LogP contribution in [0.15, 0.2) is 48.9 Å². The number of rotatable bonds is 8. The zero-order valence-corrected chi connectivity index (χ0v) is 16.7. The Morgan fingerprint density at radius 2 is 2.03 bits per heavy atom. The van der Waals surface area contributed by atoms with Crippen LogP contribution in [0.5, 0.6) is 5.88 Å². The molecule has 1 aromatic carbocycles. The molecule has 0 aliphatic heterocycles. The number of hydrogen-bond donors (Lipinski definition) is 1. The molecule has 0 bridgehead atoms. The monoisotopic (exact) mass is 394 g/mol. The first kappa shape index (κ1) is 19.4. The van der Waals surface area contributed by atoms with Gasteiger partial charge in [-0.1, -0.05) is 18.2 Å². The molecule has 1 fully saturated rings. The Labute approximate surface area is 170 Å². The number of nitrogens with one attached hydrogen (secondary N) is 1.